The molecule has 1 aliphatic heterocycles. The van der Waals surface area contributed by atoms with Crippen LogP contribution >= 0.6 is 0 Å². The summed E-state index contributed by atoms with van der Waals surface area (Å²) in [5.41, 5.74) is 0. The van der Waals surface area contributed by atoms with E-state index in [4.69, 9.17) is 18.3 Å². The van der Waals surface area contributed by atoms with Crippen LogP contribution in [0.5, 0.6) is 0 Å². The second kappa shape index (κ2) is 6.34. The van der Waals surface area contributed by atoms with Gasteiger partial charge < -0.3 is 23.4 Å². The van der Waals surface area contributed by atoms with Gasteiger partial charge in [0.25, 0.3) is 0 Å². The second-order valence-corrected chi connectivity index (χ2v) is 15.8. The molecule has 1 heterocycles. The first kappa shape index (κ1) is 17.3. The zero-order valence-electron chi connectivity index (χ0n) is 13.1. The molecule has 1 rings (SSSR count). The zero-order valence-corrected chi connectivity index (χ0v) is 15.1. The molecule has 114 valence electrons. The van der Waals surface area contributed by atoms with Crippen molar-refractivity contribution in [2.75, 3.05) is 13.7 Å². The predicted octanol–water partition coefficient (Wildman–Crippen LogP) is 1.79. The van der Waals surface area contributed by atoms with Crippen LogP contribution in [0.15, 0.2) is 0 Å². The van der Waals surface area contributed by atoms with Crippen LogP contribution in [0.4, 0.5) is 0 Å². The minimum atomic E-state index is -1.76. The van der Waals surface area contributed by atoms with E-state index in [0.717, 1.165) is 0 Å². The molecule has 0 spiro atoms. The fourth-order valence-electron chi connectivity index (χ4n) is 2.11. The molecule has 4 atom stereocenters. The maximum atomic E-state index is 9.90. The van der Waals surface area contributed by atoms with Crippen LogP contribution in [0.1, 0.15) is 0 Å². The first-order valence-corrected chi connectivity index (χ1v) is 13.5. The Kier molecular flexibility index (Phi) is 5.77. The van der Waals surface area contributed by atoms with Gasteiger partial charge in [0.1, 0.15) is 12.2 Å². The van der Waals surface area contributed by atoms with E-state index < -0.39 is 29.0 Å². The SMILES string of the molecule is CO[C@H]1C(O)OC[C@@H](O[Si](C)(C)C)[C@@H]1O[Si](C)(C)C. The van der Waals surface area contributed by atoms with Gasteiger partial charge >= 0.3 is 0 Å². The first-order valence-electron chi connectivity index (χ1n) is 6.71. The Hall–Kier alpha value is 0.234. The molecule has 0 amide bonds. The highest BCUT2D eigenvalue weighted by molar-refractivity contribution is 6.70. The molecule has 0 aromatic heterocycles. The van der Waals surface area contributed by atoms with Crippen LogP contribution in [0, 0.1) is 0 Å². The van der Waals surface area contributed by atoms with Crippen molar-refractivity contribution in [1.29, 1.82) is 0 Å². The smallest absolute Gasteiger partial charge is 0.184 e. The van der Waals surface area contributed by atoms with Crippen molar-refractivity contribution >= 4 is 16.6 Å². The van der Waals surface area contributed by atoms with Crippen LogP contribution in [0.3, 0.4) is 0 Å². The van der Waals surface area contributed by atoms with E-state index in [-0.39, 0.29) is 12.2 Å². The van der Waals surface area contributed by atoms with Crippen LogP contribution in [-0.4, -0.2) is 60.1 Å². The molecule has 0 radical (unpaired) electrons. The molecule has 19 heavy (non-hydrogen) atoms. The summed E-state index contributed by atoms with van der Waals surface area (Å²) in [6.07, 6.45) is -1.89. The summed E-state index contributed by atoms with van der Waals surface area (Å²) in [6.45, 7) is 13.1. The Labute approximate surface area is 118 Å². The molecule has 1 fully saturated rings. The lowest BCUT2D eigenvalue weighted by molar-refractivity contribution is -0.252. The number of ether oxygens (including phenoxy) is 2. The highest BCUT2D eigenvalue weighted by Crippen LogP contribution is 2.26. The first-order chi connectivity index (χ1) is 8.53. The lowest BCUT2D eigenvalue weighted by atomic mass is 10.1. The number of hydrogen-bond donors (Lipinski definition) is 1. The molecule has 0 aliphatic carbocycles. The summed E-state index contributed by atoms with van der Waals surface area (Å²) >= 11 is 0. The lowest BCUT2D eigenvalue weighted by Crippen LogP contribution is -2.59. The highest BCUT2D eigenvalue weighted by Gasteiger charge is 2.44. The van der Waals surface area contributed by atoms with E-state index in [9.17, 15) is 5.11 Å². The van der Waals surface area contributed by atoms with E-state index in [1.807, 2.05) is 0 Å². The van der Waals surface area contributed by atoms with Gasteiger partial charge in [-0.3, -0.25) is 0 Å². The summed E-state index contributed by atoms with van der Waals surface area (Å²) in [5.74, 6) is 0. The second-order valence-electron chi connectivity index (χ2n) is 6.89. The topological polar surface area (TPSA) is 57.2 Å². The monoisotopic (exact) mass is 308 g/mol. The summed E-state index contributed by atoms with van der Waals surface area (Å²) in [6, 6.07) is 0. The van der Waals surface area contributed by atoms with Gasteiger partial charge in [0.05, 0.1) is 12.7 Å². The van der Waals surface area contributed by atoms with Gasteiger partial charge in [0.2, 0.25) is 0 Å². The molecule has 0 saturated carbocycles. The number of methoxy groups -OCH3 is 1. The molecule has 1 aliphatic rings. The Morgan fingerprint density at radius 2 is 1.47 bits per heavy atom. The summed E-state index contributed by atoms with van der Waals surface area (Å²) in [5, 5.41) is 9.90. The summed E-state index contributed by atoms with van der Waals surface area (Å²) in [7, 11) is -1.90. The van der Waals surface area contributed by atoms with Crippen LogP contribution in [0.2, 0.25) is 39.3 Å². The van der Waals surface area contributed by atoms with Gasteiger partial charge in [-0.1, -0.05) is 0 Å². The largest absolute Gasteiger partial charge is 0.410 e. The van der Waals surface area contributed by atoms with Gasteiger partial charge in [0, 0.05) is 7.11 Å². The minimum absolute atomic E-state index is 0.174. The standard InChI is InChI=1S/C12H28O5Si2/c1-14-11-10(17-19(5,6)7)9(8-15-12(11)13)16-18(2,3)4/h9-13H,8H2,1-7H3/t9-,10+,11-,12?/m1/s1. The number of aliphatic hydroxyl groups excluding tert-OH is 1. The third kappa shape index (κ3) is 5.62. The minimum Gasteiger partial charge on any atom is -0.410 e. The van der Waals surface area contributed by atoms with Crippen LogP contribution in [0.25, 0.3) is 0 Å². The Morgan fingerprint density at radius 1 is 0.947 bits per heavy atom. The van der Waals surface area contributed by atoms with Crippen molar-refractivity contribution < 1.29 is 23.4 Å². The van der Waals surface area contributed by atoms with E-state index in [0.29, 0.717) is 6.61 Å². The van der Waals surface area contributed by atoms with Crippen molar-refractivity contribution in [2.24, 2.45) is 0 Å². The van der Waals surface area contributed by atoms with E-state index >= 15 is 0 Å². The molecule has 1 N–H and O–H groups in total. The molecule has 1 unspecified atom stereocenters. The molecule has 1 saturated heterocycles. The van der Waals surface area contributed by atoms with Gasteiger partial charge in [0.15, 0.2) is 22.9 Å². The number of aliphatic hydroxyl groups is 1. The third-order valence-electron chi connectivity index (χ3n) is 2.67. The van der Waals surface area contributed by atoms with Crippen molar-refractivity contribution in [1.82, 2.24) is 0 Å². The Morgan fingerprint density at radius 3 is 1.89 bits per heavy atom. The average Bonchev–Trinajstić information content (AvgIpc) is 2.19. The third-order valence-corrected chi connectivity index (χ3v) is 4.66. The lowest BCUT2D eigenvalue weighted by Gasteiger charge is -2.44. The van der Waals surface area contributed by atoms with E-state index in [1.165, 1.54) is 0 Å². The molecular formula is C12H28O5Si2. The maximum absolute atomic E-state index is 9.90. The van der Waals surface area contributed by atoms with Crippen molar-refractivity contribution in [3.8, 4) is 0 Å². The fraction of sp³-hybridized carbons (Fsp3) is 1.00. The average molecular weight is 309 g/mol. The molecular weight excluding hydrogens is 280 g/mol. The molecule has 5 nitrogen and oxygen atoms in total. The van der Waals surface area contributed by atoms with Crippen LogP contribution < -0.4 is 0 Å². The predicted molar refractivity (Wildman–Crippen MR) is 79.2 cm³/mol. The van der Waals surface area contributed by atoms with Gasteiger partial charge in [-0.25, -0.2) is 0 Å². The molecule has 0 aromatic rings. The van der Waals surface area contributed by atoms with Gasteiger partial charge in [-0.05, 0) is 39.3 Å². The highest BCUT2D eigenvalue weighted by atomic mass is 28.4. The molecule has 7 heteroatoms. The molecule has 0 bridgehead atoms. The number of rotatable bonds is 5. The van der Waals surface area contributed by atoms with E-state index in [1.54, 1.807) is 7.11 Å². The maximum Gasteiger partial charge on any atom is 0.184 e. The van der Waals surface area contributed by atoms with E-state index in [2.05, 4.69) is 39.3 Å². The fourth-order valence-corrected chi connectivity index (χ4v) is 4.33. The normalized spacial score (nSPS) is 33.5. The Balaban J connectivity index is 2.87. The van der Waals surface area contributed by atoms with Crippen molar-refractivity contribution in [3.05, 3.63) is 0 Å². The zero-order chi connectivity index (χ0) is 14.8. The van der Waals surface area contributed by atoms with Gasteiger partial charge in [-0.2, -0.15) is 0 Å². The van der Waals surface area contributed by atoms with Crippen LogP contribution in [-0.2, 0) is 18.3 Å². The van der Waals surface area contributed by atoms with Crippen molar-refractivity contribution in [2.45, 2.75) is 63.9 Å². The number of hydrogen-bond acceptors (Lipinski definition) is 5. The van der Waals surface area contributed by atoms with Gasteiger partial charge in [-0.15, -0.1) is 0 Å². The molecule has 0 aromatic carbocycles. The Bertz CT molecular complexity index is 287. The van der Waals surface area contributed by atoms with Crippen molar-refractivity contribution in [3.63, 3.8) is 0 Å². The summed E-state index contributed by atoms with van der Waals surface area (Å²) < 4.78 is 23.0. The quantitative estimate of drug-likeness (QED) is 0.785. The summed E-state index contributed by atoms with van der Waals surface area (Å²) in [4.78, 5) is 0.